The number of nitrogens with one attached hydrogen (secondary N) is 1. The van der Waals surface area contributed by atoms with Crippen LogP contribution in [0.5, 0.6) is 0 Å². The maximum Gasteiger partial charge on any atom is 0.192 e. The molecule has 1 fully saturated rings. The first-order valence-corrected chi connectivity index (χ1v) is 11.8. The van der Waals surface area contributed by atoms with E-state index in [0.29, 0.717) is 35.5 Å². The third-order valence-corrected chi connectivity index (χ3v) is 6.57. The van der Waals surface area contributed by atoms with Gasteiger partial charge in [-0.25, -0.2) is 9.37 Å². The van der Waals surface area contributed by atoms with Crippen LogP contribution in [-0.2, 0) is 11.3 Å². The zero-order valence-corrected chi connectivity index (χ0v) is 18.9. The summed E-state index contributed by atoms with van der Waals surface area (Å²) in [6.07, 6.45) is 1.96. The Morgan fingerprint density at radius 1 is 1.24 bits per heavy atom. The van der Waals surface area contributed by atoms with Crippen molar-refractivity contribution in [1.29, 1.82) is 5.26 Å². The summed E-state index contributed by atoms with van der Waals surface area (Å²) in [6.45, 7) is 1.26. The van der Waals surface area contributed by atoms with Gasteiger partial charge in [0.1, 0.15) is 23.2 Å². The number of nitriles is 1. The fourth-order valence-corrected chi connectivity index (χ4v) is 4.72. The van der Waals surface area contributed by atoms with E-state index in [9.17, 15) is 14.8 Å². The van der Waals surface area contributed by atoms with E-state index in [4.69, 9.17) is 4.74 Å². The van der Waals surface area contributed by atoms with E-state index in [0.717, 1.165) is 23.9 Å². The monoisotopic (exact) mass is 476 g/mol. The summed E-state index contributed by atoms with van der Waals surface area (Å²) in [6, 6.07) is 15.6. The van der Waals surface area contributed by atoms with Gasteiger partial charge in [0.05, 0.1) is 29.4 Å². The lowest BCUT2D eigenvalue weighted by molar-refractivity contribution is 0.0953. The van der Waals surface area contributed by atoms with Crippen LogP contribution in [0.2, 0.25) is 0 Å². The molecule has 0 unspecified atom stereocenters. The number of ether oxygens (including phenoxy) is 1. The molecule has 0 saturated carbocycles. The normalized spacial score (nSPS) is 16.5. The molecule has 1 saturated heterocycles. The first-order chi connectivity index (χ1) is 16.6. The SMILES string of the molecule is N#CC(=C(O)CSc1nnc(-c2ccc(F)cc2)n1C[C@H]1CCCO1)c1nc2ccccc2[nH]1. The summed E-state index contributed by atoms with van der Waals surface area (Å²) in [5, 5.41) is 29.6. The minimum atomic E-state index is -0.326. The van der Waals surface area contributed by atoms with Crippen molar-refractivity contribution in [2.45, 2.75) is 30.6 Å². The lowest BCUT2D eigenvalue weighted by atomic mass is 10.2. The molecule has 2 aromatic heterocycles. The molecule has 4 aromatic rings. The van der Waals surface area contributed by atoms with Crippen molar-refractivity contribution in [3.8, 4) is 17.5 Å². The Morgan fingerprint density at radius 2 is 2.06 bits per heavy atom. The molecule has 172 valence electrons. The van der Waals surface area contributed by atoms with Gasteiger partial charge in [-0.2, -0.15) is 5.26 Å². The van der Waals surface area contributed by atoms with Gasteiger partial charge in [0.2, 0.25) is 0 Å². The Hall–Kier alpha value is -3.68. The van der Waals surface area contributed by atoms with Crippen molar-refractivity contribution >= 4 is 28.4 Å². The standard InChI is InChI=1S/C24H21FN6O2S/c25-16-9-7-15(8-10-16)23-29-30-24(31(23)13-17-4-3-11-33-17)34-14-21(32)18(12-26)22-27-19-5-1-2-6-20(19)28-22/h1-2,5-10,17,32H,3-4,11,13-14H2,(H,27,28)/t17-/m1/s1. The number of benzene rings is 2. The van der Waals surface area contributed by atoms with Crippen LogP contribution in [0.4, 0.5) is 4.39 Å². The number of hydrogen-bond donors (Lipinski definition) is 2. The quantitative estimate of drug-likeness (QED) is 0.225. The summed E-state index contributed by atoms with van der Waals surface area (Å²) >= 11 is 1.26. The first kappa shape index (κ1) is 22.1. The average molecular weight is 477 g/mol. The van der Waals surface area contributed by atoms with Crippen LogP contribution in [0.3, 0.4) is 0 Å². The largest absolute Gasteiger partial charge is 0.510 e. The van der Waals surface area contributed by atoms with Crippen molar-refractivity contribution < 1.29 is 14.2 Å². The van der Waals surface area contributed by atoms with E-state index in [1.807, 2.05) is 34.9 Å². The number of nitrogens with zero attached hydrogens (tertiary/aromatic N) is 5. The smallest absolute Gasteiger partial charge is 0.192 e. The fraction of sp³-hybridized carbons (Fsp3) is 0.250. The van der Waals surface area contributed by atoms with Crippen molar-refractivity contribution in [2.75, 3.05) is 12.4 Å². The minimum Gasteiger partial charge on any atom is -0.510 e. The molecule has 0 radical (unpaired) electrons. The first-order valence-electron chi connectivity index (χ1n) is 10.8. The van der Waals surface area contributed by atoms with Gasteiger partial charge in [-0.1, -0.05) is 23.9 Å². The highest BCUT2D eigenvalue weighted by Gasteiger charge is 2.23. The van der Waals surface area contributed by atoms with Gasteiger partial charge >= 0.3 is 0 Å². The lowest BCUT2D eigenvalue weighted by Gasteiger charge is -2.14. The average Bonchev–Trinajstić information content (AvgIpc) is 3.59. The third-order valence-electron chi connectivity index (χ3n) is 5.59. The molecule has 0 amide bonds. The number of hydrogen-bond acceptors (Lipinski definition) is 7. The predicted octanol–water partition coefficient (Wildman–Crippen LogP) is 4.72. The molecular formula is C24H21FN6O2S. The number of aliphatic hydroxyl groups excluding tert-OH is 1. The number of halogens is 1. The van der Waals surface area contributed by atoms with Crippen LogP contribution in [-0.4, -0.2) is 48.3 Å². The number of H-pyrrole nitrogens is 1. The van der Waals surface area contributed by atoms with E-state index < -0.39 is 0 Å². The number of para-hydroxylation sites is 2. The van der Waals surface area contributed by atoms with Gasteiger partial charge in [-0.3, -0.25) is 4.57 Å². The Morgan fingerprint density at radius 3 is 2.79 bits per heavy atom. The highest BCUT2D eigenvalue weighted by molar-refractivity contribution is 7.99. The second-order valence-corrected chi connectivity index (χ2v) is 8.83. The van der Waals surface area contributed by atoms with Gasteiger partial charge in [-0.15, -0.1) is 10.2 Å². The summed E-state index contributed by atoms with van der Waals surface area (Å²) < 4.78 is 21.2. The Bertz CT molecular complexity index is 1350. The highest BCUT2D eigenvalue weighted by Crippen LogP contribution is 2.29. The molecule has 10 heteroatoms. The van der Waals surface area contributed by atoms with Gasteiger partial charge in [0.15, 0.2) is 16.8 Å². The topological polar surface area (TPSA) is 113 Å². The molecule has 5 rings (SSSR count). The van der Waals surface area contributed by atoms with Crippen LogP contribution in [0.25, 0.3) is 28.0 Å². The molecule has 1 atom stereocenters. The highest BCUT2D eigenvalue weighted by atomic mass is 32.2. The number of fused-ring (bicyclic) bond motifs is 1. The number of rotatable bonds is 7. The zero-order valence-electron chi connectivity index (χ0n) is 18.1. The van der Waals surface area contributed by atoms with E-state index >= 15 is 0 Å². The van der Waals surface area contributed by atoms with Crippen LogP contribution >= 0.6 is 11.8 Å². The fourth-order valence-electron chi connectivity index (χ4n) is 3.89. The number of allylic oxidation sites excluding steroid dienone is 1. The summed E-state index contributed by atoms with van der Waals surface area (Å²) in [5.41, 5.74) is 2.31. The molecule has 1 aliphatic rings. The molecule has 3 heterocycles. The maximum atomic E-state index is 13.4. The number of aromatic nitrogens is 5. The van der Waals surface area contributed by atoms with Crippen LogP contribution in [0, 0.1) is 17.1 Å². The zero-order chi connectivity index (χ0) is 23.5. The molecule has 2 aromatic carbocycles. The second-order valence-electron chi connectivity index (χ2n) is 7.88. The number of thioether (sulfide) groups is 1. The molecule has 2 N–H and O–H groups in total. The number of imidazole rings is 1. The van der Waals surface area contributed by atoms with Crippen LogP contribution in [0.15, 0.2) is 59.4 Å². The molecule has 8 nitrogen and oxygen atoms in total. The van der Waals surface area contributed by atoms with Gasteiger partial charge < -0.3 is 14.8 Å². The molecule has 0 spiro atoms. The second kappa shape index (κ2) is 9.67. The molecule has 1 aliphatic heterocycles. The van der Waals surface area contributed by atoms with Crippen LogP contribution < -0.4 is 0 Å². The number of aromatic amines is 1. The third kappa shape index (κ3) is 4.53. The molecule has 0 aliphatic carbocycles. The van der Waals surface area contributed by atoms with E-state index in [1.165, 1.54) is 23.9 Å². The van der Waals surface area contributed by atoms with Crippen molar-refractivity contribution in [3.63, 3.8) is 0 Å². The van der Waals surface area contributed by atoms with E-state index in [1.54, 1.807) is 12.1 Å². The Kier molecular flexibility index (Phi) is 6.29. The molecule has 0 bridgehead atoms. The minimum absolute atomic E-state index is 0.0314. The summed E-state index contributed by atoms with van der Waals surface area (Å²) in [4.78, 5) is 7.49. The van der Waals surface area contributed by atoms with E-state index in [2.05, 4.69) is 20.2 Å². The van der Waals surface area contributed by atoms with Gasteiger partial charge in [0.25, 0.3) is 0 Å². The van der Waals surface area contributed by atoms with Crippen molar-refractivity contribution in [3.05, 3.63) is 65.9 Å². The van der Waals surface area contributed by atoms with Crippen molar-refractivity contribution in [1.82, 2.24) is 24.7 Å². The lowest BCUT2D eigenvalue weighted by Crippen LogP contribution is -2.16. The maximum absolute atomic E-state index is 13.4. The number of aliphatic hydroxyl groups is 1. The van der Waals surface area contributed by atoms with Gasteiger partial charge in [0, 0.05) is 12.2 Å². The summed E-state index contributed by atoms with van der Waals surface area (Å²) in [5.74, 6) is 0.580. The molecule has 34 heavy (non-hydrogen) atoms. The Labute approximate surface area is 199 Å². The van der Waals surface area contributed by atoms with Crippen LogP contribution in [0.1, 0.15) is 18.7 Å². The summed E-state index contributed by atoms with van der Waals surface area (Å²) in [7, 11) is 0. The van der Waals surface area contributed by atoms with E-state index in [-0.39, 0.29) is 29.0 Å². The van der Waals surface area contributed by atoms with Gasteiger partial charge in [-0.05, 0) is 49.2 Å². The predicted molar refractivity (Wildman–Crippen MR) is 126 cm³/mol. The Balaban J connectivity index is 1.42. The van der Waals surface area contributed by atoms with Crippen molar-refractivity contribution in [2.24, 2.45) is 0 Å². The molecular weight excluding hydrogens is 455 g/mol.